The molecule has 0 radical (unpaired) electrons. The van der Waals surface area contributed by atoms with Gasteiger partial charge in [-0.2, -0.15) is 0 Å². The predicted octanol–water partition coefficient (Wildman–Crippen LogP) is 1.89. The van der Waals surface area contributed by atoms with Gasteiger partial charge in [0.05, 0.1) is 6.61 Å². The maximum atomic E-state index is 5.58. The number of nitrogens with zero attached hydrogens (tertiary/aromatic N) is 1. The molecule has 1 heterocycles. The van der Waals surface area contributed by atoms with Crippen LogP contribution in [0.3, 0.4) is 0 Å². The minimum Gasteiger partial charge on any atom is -0.491 e. The van der Waals surface area contributed by atoms with E-state index in [4.69, 9.17) is 9.47 Å². The average Bonchev–Trinajstić information content (AvgIpc) is 2.45. The fourth-order valence-corrected chi connectivity index (χ4v) is 2.49. The Hall–Kier alpha value is -1.10. The zero-order chi connectivity index (χ0) is 14.4. The molecule has 1 aromatic carbocycles. The summed E-state index contributed by atoms with van der Waals surface area (Å²) in [6.07, 6.45) is 0. The van der Waals surface area contributed by atoms with Crippen LogP contribution in [0, 0.1) is 0 Å². The molecule has 1 aliphatic heterocycles. The van der Waals surface area contributed by atoms with E-state index in [0.717, 1.165) is 25.4 Å². The first kappa shape index (κ1) is 15.3. The Morgan fingerprint density at radius 3 is 2.65 bits per heavy atom. The molecule has 2 atom stereocenters. The van der Waals surface area contributed by atoms with Crippen LogP contribution in [-0.4, -0.2) is 50.4 Å². The first-order valence-electron chi connectivity index (χ1n) is 7.37. The molecular weight excluding hydrogens is 252 g/mol. The summed E-state index contributed by atoms with van der Waals surface area (Å²) < 4.78 is 10.6. The summed E-state index contributed by atoms with van der Waals surface area (Å²) in [4.78, 5) is 2.53. The van der Waals surface area contributed by atoms with Crippen molar-refractivity contribution < 1.29 is 9.47 Å². The van der Waals surface area contributed by atoms with Crippen molar-refractivity contribution in [3.8, 4) is 5.75 Å². The van der Waals surface area contributed by atoms with Crippen LogP contribution in [-0.2, 0) is 11.3 Å². The lowest BCUT2D eigenvalue weighted by atomic mass is 10.1. The molecule has 4 nitrogen and oxygen atoms in total. The van der Waals surface area contributed by atoms with Gasteiger partial charge < -0.3 is 14.8 Å². The Morgan fingerprint density at radius 2 is 1.95 bits per heavy atom. The first-order valence-corrected chi connectivity index (χ1v) is 7.37. The largest absolute Gasteiger partial charge is 0.491 e. The quantitative estimate of drug-likeness (QED) is 0.806. The van der Waals surface area contributed by atoms with Crippen molar-refractivity contribution in [2.75, 3.05) is 33.4 Å². The second kappa shape index (κ2) is 7.62. The van der Waals surface area contributed by atoms with E-state index in [1.54, 1.807) is 7.11 Å². The van der Waals surface area contributed by atoms with Crippen LogP contribution in [0.5, 0.6) is 5.75 Å². The molecule has 2 unspecified atom stereocenters. The van der Waals surface area contributed by atoms with Gasteiger partial charge in [0.2, 0.25) is 0 Å². The van der Waals surface area contributed by atoms with E-state index < -0.39 is 0 Å². The highest BCUT2D eigenvalue weighted by Gasteiger charge is 2.21. The van der Waals surface area contributed by atoms with E-state index in [-0.39, 0.29) is 0 Å². The highest BCUT2D eigenvalue weighted by molar-refractivity contribution is 5.27. The highest BCUT2D eigenvalue weighted by Crippen LogP contribution is 2.16. The second-order valence-corrected chi connectivity index (χ2v) is 5.57. The fraction of sp³-hybridized carbons (Fsp3) is 0.625. The number of nitrogens with one attached hydrogen (secondary N) is 1. The summed E-state index contributed by atoms with van der Waals surface area (Å²) in [5.74, 6) is 0.910. The lowest BCUT2D eigenvalue weighted by Gasteiger charge is -2.37. The maximum Gasteiger partial charge on any atom is 0.119 e. The highest BCUT2D eigenvalue weighted by atomic mass is 16.5. The van der Waals surface area contributed by atoms with Crippen LogP contribution in [0.2, 0.25) is 0 Å². The van der Waals surface area contributed by atoms with Crippen molar-refractivity contribution in [1.29, 1.82) is 0 Å². The van der Waals surface area contributed by atoms with Gasteiger partial charge in [-0.1, -0.05) is 12.1 Å². The summed E-state index contributed by atoms with van der Waals surface area (Å²) in [6.45, 7) is 8.92. The van der Waals surface area contributed by atoms with Gasteiger partial charge in [0.25, 0.3) is 0 Å². The van der Waals surface area contributed by atoms with Gasteiger partial charge in [0.15, 0.2) is 0 Å². The molecule has 1 saturated heterocycles. The van der Waals surface area contributed by atoms with Crippen molar-refractivity contribution >= 4 is 0 Å². The van der Waals surface area contributed by atoms with Crippen LogP contribution in [0.25, 0.3) is 0 Å². The number of methoxy groups -OCH3 is 1. The van der Waals surface area contributed by atoms with Crippen molar-refractivity contribution in [3.63, 3.8) is 0 Å². The van der Waals surface area contributed by atoms with Gasteiger partial charge in [-0.3, -0.25) is 4.90 Å². The summed E-state index contributed by atoms with van der Waals surface area (Å²) in [7, 11) is 1.68. The van der Waals surface area contributed by atoms with Crippen LogP contribution in [0.1, 0.15) is 19.4 Å². The van der Waals surface area contributed by atoms with Crippen molar-refractivity contribution in [2.24, 2.45) is 0 Å². The first-order chi connectivity index (χ1) is 9.69. The Balaban J connectivity index is 1.86. The lowest BCUT2D eigenvalue weighted by molar-refractivity contribution is 0.138. The zero-order valence-corrected chi connectivity index (χ0v) is 12.8. The molecule has 1 fully saturated rings. The number of benzene rings is 1. The maximum absolute atomic E-state index is 5.58. The molecular formula is C16H26N2O2. The monoisotopic (exact) mass is 278 g/mol. The molecule has 0 saturated carbocycles. The van der Waals surface area contributed by atoms with Crippen molar-refractivity contribution in [3.05, 3.63) is 29.8 Å². The minimum absolute atomic E-state index is 0.572. The molecule has 0 bridgehead atoms. The SMILES string of the molecule is COCCOc1ccc(CN2CC(C)NCC2C)cc1. The van der Waals surface area contributed by atoms with Gasteiger partial charge in [-0.15, -0.1) is 0 Å². The van der Waals surface area contributed by atoms with Crippen molar-refractivity contribution in [1.82, 2.24) is 10.2 Å². The number of ether oxygens (including phenoxy) is 2. The van der Waals surface area contributed by atoms with E-state index in [1.165, 1.54) is 5.56 Å². The summed E-state index contributed by atoms with van der Waals surface area (Å²) in [5.41, 5.74) is 1.34. The molecule has 4 heteroatoms. The Labute approximate surface area is 122 Å². The average molecular weight is 278 g/mol. The third-order valence-electron chi connectivity index (χ3n) is 3.76. The Morgan fingerprint density at radius 1 is 1.20 bits per heavy atom. The molecule has 0 aromatic heterocycles. The molecule has 2 rings (SSSR count). The number of piperazine rings is 1. The zero-order valence-electron chi connectivity index (χ0n) is 12.8. The third-order valence-corrected chi connectivity index (χ3v) is 3.76. The van der Waals surface area contributed by atoms with Gasteiger partial charge in [-0.25, -0.2) is 0 Å². The molecule has 20 heavy (non-hydrogen) atoms. The van der Waals surface area contributed by atoms with Gasteiger partial charge in [0.1, 0.15) is 12.4 Å². The molecule has 0 spiro atoms. The van der Waals surface area contributed by atoms with Crippen LogP contribution >= 0.6 is 0 Å². The summed E-state index contributed by atoms with van der Waals surface area (Å²) >= 11 is 0. The normalized spacial score (nSPS) is 23.8. The molecule has 0 aliphatic carbocycles. The second-order valence-electron chi connectivity index (χ2n) is 5.57. The van der Waals surface area contributed by atoms with E-state index in [1.807, 2.05) is 12.1 Å². The number of hydrogen-bond donors (Lipinski definition) is 1. The van der Waals surface area contributed by atoms with Crippen molar-refractivity contribution in [2.45, 2.75) is 32.5 Å². The molecule has 1 aliphatic rings. The Bertz CT molecular complexity index is 394. The van der Waals surface area contributed by atoms with E-state index in [2.05, 4.69) is 36.2 Å². The summed E-state index contributed by atoms with van der Waals surface area (Å²) in [5, 5.41) is 3.51. The number of hydrogen-bond acceptors (Lipinski definition) is 4. The number of rotatable bonds is 6. The smallest absolute Gasteiger partial charge is 0.119 e. The van der Waals surface area contributed by atoms with E-state index in [0.29, 0.717) is 25.3 Å². The predicted molar refractivity (Wildman–Crippen MR) is 81.1 cm³/mol. The molecule has 112 valence electrons. The molecule has 1 aromatic rings. The van der Waals surface area contributed by atoms with Gasteiger partial charge >= 0.3 is 0 Å². The lowest BCUT2D eigenvalue weighted by Crippen LogP contribution is -2.53. The molecule has 0 amide bonds. The van der Waals surface area contributed by atoms with E-state index in [9.17, 15) is 0 Å². The summed E-state index contributed by atoms with van der Waals surface area (Å²) in [6, 6.07) is 9.55. The molecule has 1 N–H and O–H groups in total. The van der Waals surface area contributed by atoms with Crippen LogP contribution < -0.4 is 10.1 Å². The van der Waals surface area contributed by atoms with Gasteiger partial charge in [-0.05, 0) is 31.5 Å². The topological polar surface area (TPSA) is 33.7 Å². The fourth-order valence-electron chi connectivity index (χ4n) is 2.49. The van der Waals surface area contributed by atoms with Crippen LogP contribution in [0.4, 0.5) is 0 Å². The third kappa shape index (κ3) is 4.47. The minimum atomic E-state index is 0.572. The Kier molecular flexibility index (Phi) is 5.83. The van der Waals surface area contributed by atoms with E-state index >= 15 is 0 Å². The standard InChI is InChI=1S/C16H26N2O2/c1-13-11-18(14(2)10-17-13)12-15-4-6-16(7-5-15)20-9-8-19-3/h4-7,13-14,17H,8-12H2,1-3H3. The van der Waals surface area contributed by atoms with Crippen LogP contribution in [0.15, 0.2) is 24.3 Å². The van der Waals surface area contributed by atoms with Gasteiger partial charge in [0, 0.05) is 38.8 Å².